The lowest BCUT2D eigenvalue weighted by Gasteiger charge is -2.29. The first-order valence-electron chi connectivity index (χ1n) is 7.61. The zero-order valence-corrected chi connectivity index (χ0v) is 13.0. The van der Waals surface area contributed by atoms with E-state index < -0.39 is 11.4 Å². The first-order valence-corrected chi connectivity index (χ1v) is 7.61. The van der Waals surface area contributed by atoms with E-state index in [9.17, 15) is 9.90 Å². The Bertz CT molecular complexity index is 748. The van der Waals surface area contributed by atoms with Crippen molar-refractivity contribution < 1.29 is 19.4 Å². The fourth-order valence-corrected chi connectivity index (χ4v) is 2.57. The minimum atomic E-state index is -1.13. The first-order chi connectivity index (χ1) is 11.1. The van der Waals surface area contributed by atoms with E-state index in [1.54, 1.807) is 12.2 Å². The number of hydrogen-bond acceptors (Lipinski definition) is 4. The van der Waals surface area contributed by atoms with Gasteiger partial charge in [0.1, 0.15) is 12.2 Å². The van der Waals surface area contributed by atoms with Gasteiger partial charge < -0.3 is 14.6 Å². The third-order valence-corrected chi connectivity index (χ3v) is 4.04. The molecule has 0 radical (unpaired) electrons. The van der Waals surface area contributed by atoms with Crippen LogP contribution in [0.5, 0.6) is 0 Å². The van der Waals surface area contributed by atoms with Gasteiger partial charge in [0.25, 0.3) is 0 Å². The van der Waals surface area contributed by atoms with Crippen molar-refractivity contribution in [3.8, 4) is 0 Å². The van der Waals surface area contributed by atoms with Crippen LogP contribution in [-0.4, -0.2) is 36.1 Å². The summed E-state index contributed by atoms with van der Waals surface area (Å²) in [5, 5.41) is 10.5. The Balaban J connectivity index is 1.91. The van der Waals surface area contributed by atoms with Gasteiger partial charge in [0, 0.05) is 11.1 Å². The molecule has 120 valence electrons. The summed E-state index contributed by atoms with van der Waals surface area (Å²) in [6, 6.07) is 9.98. The largest absolute Gasteiger partial charge is 0.480 e. The molecule has 2 heterocycles. The van der Waals surface area contributed by atoms with Crippen molar-refractivity contribution >= 4 is 22.9 Å². The van der Waals surface area contributed by atoms with E-state index in [1.807, 2.05) is 24.3 Å². The molecule has 1 saturated heterocycles. The lowest BCUT2D eigenvalue weighted by molar-refractivity contribution is -0.180. The molecule has 1 aliphatic heterocycles. The van der Waals surface area contributed by atoms with E-state index >= 15 is 0 Å². The van der Waals surface area contributed by atoms with Gasteiger partial charge >= 0.3 is 5.97 Å². The molecule has 5 heteroatoms. The van der Waals surface area contributed by atoms with Crippen LogP contribution >= 0.6 is 0 Å². The van der Waals surface area contributed by atoms with Gasteiger partial charge in [-0.3, -0.25) is 9.78 Å². The van der Waals surface area contributed by atoms with Gasteiger partial charge in [-0.25, -0.2) is 0 Å². The number of hydrogen-bond donors (Lipinski definition) is 1. The molecular formula is C18H19NO4. The Hall–Kier alpha value is -2.24. The molecule has 0 bridgehead atoms. The molecule has 0 unspecified atom stereocenters. The summed E-state index contributed by atoms with van der Waals surface area (Å²) in [5.41, 5.74) is 1.72. The smallest absolute Gasteiger partial charge is 0.318 e. The highest BCUT2D eigenvalue weighted by atomic mass is 16.7. The predicted molar refractivity (Wildman–Crippen MR) is 87.0 cm³/mol. The van der Waals surface area contributed by atoms with Gasteiger partial charge in [0.05, 0.1) is 18.7 Å². The second kappa shape index (κ2) is 6.48. The number of rotatable bonds is 4. The lowest BCUT2D eigenvalue weighted by atomic mass is 9.88. The van der Waals surface area contributed by atoms with Gasteiger partial charge in [-0.05, 0) is 24.1 Å². The predicted octanol–water partition coefficient (Wildman–Crippen LogP) is 2.89. The van der Waals surface area contributed by atoms with Gasteiger partial charge in [0.15, 0.2) is 0 Å². The number of nitrogens with zero attached hydrogens (tertiary/aromatic N) is 1. The average molecular weight is 313 g/mol. The number of carboxylic acid groups (broad SMARTS) is 1. The highest BCUT2D eigenvalue weighted by Gasteiger charge is 2.39. The van der Waals surface area contributed by atoms with Crippen LogP contribution in [0.2, 0.25) is 0 Å². The molecule has 0 amide bonds. The SMILES string of the molecule is CCc1ccc2ccc(/C=C/C3(C(=O)O)COCOC3)cc2n1. The fraction of sp³-hybridized carbons (Fsp3) is 0.333. The summed E-state index contributed by atoms with van der Waals surface area (Å²) >= 11 is 0. The van der Waals surface area contributed by atoms with Crippen LogP contribution < -0.4 is 0 Å². The molecule has 1 N–H and O–H groups in total. The molecular weight excluding hydrogens is 294 g/mol. The quantitative estimate of drug-likeness (QED) is 0.940. The van der Waals surface area contributed by atoms with Crippen LogP contribution in [0.1, 0.15) is 18.2 Å². The zero-order chi connectivity index (χ0) is 16.3. The Morgan fingerprint density at radius 2 is 2.04 bits per heavy atom. The number of ether oxygens (including phenoxy) is 2. The highest BCUT2D eigenvalue weighted by Crippen LogP contribution is 2.26. The molecule has 1 aromatic heterocycles. The normalized spacial score (nSPS) is 17.6. The van der Waals surface area contributed by atoms with E-state index in [0.29, 0.717) is 0 Å². The standard InChI is InChI=1S/C18H19NO4/c1-2-15-6-5-14-4-3-13(9-16(14)19-15)7-8-18(17(20)21)10-22-12-23-11-18/h3-9H,2,10-12H2,1H3,(H,20,21)/b8-7+. The van der Waals surface area contributed by atoms with Crippen molar-refractivity contribution in [1.29, 1.82) is 0 Å². The van der Waals surface area contributed by atoms with Crippen LogP contribution in [0, 0.1) is 5.41 Å². The summed E-state index contributed by atoms with van der Waals surface area (Å²) in [6.07, 6.45) is 4.33. The molecule has 0 atom stereocenters. The number of carboxylic acids is 1. The number of pyridine rings is 1. The molecule has 1 fully saturated rings. The van der Waals surface area contributed by atoms with Crippen molar-refractivity contribution in [3.05, 3.63) is 47.7 Å². The number of benzene rings is 1. The van der Waals surface area contributed by atoms with Gasteiger partial charge in [-0.15, -0.1) is 0 Å². The molecule has 0 saturated carbocycles. The molecule has 3 rings (SSSR count). The Morgan fingerprint density at radius 3 is 2.74 bits per heavy atom. The Morgan fingerprint density at radius 1 is 1.30 bits per heavy atom. The summed E-state index contributed by atoms with van der Waals surface area (Å²) in [6.45, 7) is 2.44. The van der Waals surface area contributed by atoms with Crippen LogP contribution in [0.25, 0.3) is 17.0 Å². The maximum Gasteiger partial charge on any atom is 0.318 e. The third-order valence-electron chi connectivity index (χ3n) is 4.04. The zero-order valence-electron chi connectivity index (χ0n) is 13.0. The van der Waals surface area contributed by atoms with E-state index in [0.717, 1.165) is 28.6 Å². The summed E-state index contributed by atoms with van der Waals surface area (Å²) in [7, 11) is 0. The van der Waals surface area contributed by atoms with E-state index in [4.69, 9.17) is 9.47 Å². The summed E-state index contributed by atoms with van der Waals surface area (Å²) in [4.78, 5) is 16.2. The van der Waals surface area contributed by atoms with Crippen LogP contribution in [0.15, 0.2) is 36.4 Å². The number of fused-ring (bicyclic) bond motifs is 1. The monoisotopic (exact) mass is 313 g/mol. The minimum Gasteiger partial charge on any atom is -0.480 e. The fourth-order valence-electron chi connectivity index (χ4n) is 2.57. The van der Waals surface area contributed by atoms with E-state index in [-0.39, 0.29) is 20.0 Å². The number of aliphatic carboxylic acids is 1. The molecule has 1 aromatic carbocycles. The summed E-state index contributed by atoms with van der Waals surface area (Å²) in [5.74, 6) is -0.944. The van der Waals surface area contributed by atoms with Crippen molar-refractivity contribution in [3.63, 3.8) is 0 Å². The molecule has 1 aliphatic rings. The average Bonchev–Trinajstić information content (AvgIpc) is 2.60. The van der Waals surface area contributed by atoms with Crippen LogP contribution in [-0.2, 0) is 20.7 Å². The first kappa shape index (κ1) is 15.6. The topological polar surface area (TPSA) is 68.7 Å². The Kier molecular flexibility index (Phi) is 4.41. The number of carbonyl (C=O) groups is 1. The Labute approximate surface area is 134 Å². The van der Waals surface area contributed by atoms with E-state index in [2.05, 4.69) is 18.0 Å². The lowest BCUT2D eigenvalue weighted by Crippen LogP contribution is -2.42. The van der Waals surface area contributed by atoms with Crippen molar-refractivity contribution in [2.75, 3.05) is 20.0 Å². The maximum atomic E-state index is 11.6. The van der Waals surface area contributed by atoms with Gasteiger partial charge in [0.2, 0.25) is 0 Å². The third kappa shape index (κ3) is 3.25. The molecule has 0 spiro atoms. The van der Waals surface area contributed by atoms with Gasteiger partial charge in [-0.2, -0.15) is 0 Å². The molecule has 2 aromatic rings. The van der Waals surface area contributed by atoms with Crippen molar-refractivity contribution in [2.24, 2.45) is 5.41 Å². The second-order valence-electron chi connectivity index (χ2n) is 5.72. The van der Waals surface area contributed by atoms with Crippen LogP contribution in [0.4, 0.5) is 0 Å². The number of aryl methyl sites for hydroxylation is 1. The minimum absolute atomic E-state index is 0.116. The second-order valence-corrected chi connectivity index (χ2v) is 5.72. The molecule has 0 aliphatic carbocycles. The molecule has 23 heavy (non-hydrogen) atoms. The van der Waals surface area contributed by atoms with Gasteiger partial charge in [-0.1, -0.05) is 37.3 Å². The number of aromatic nitrogens is 1. The summed E-state index contributed by atoms with van der Waals surface area (Å²) < 4.78 is 10.3. The maximum absolute atomic E-state index is 11.6. The van der Waals surface area contributed by atoms with Crippen molar-refractivity contribution in [1.82, 2.24) is 4.98 Å². The van der Waals surface area contributed by atoms with E-state index in [1.165, 1.54) is 0 Å². The highest BCUT2D eigenvalue weighted by molar-refractivity contribution is 5.83. The van der Waals surface area contributed by atoms with Crippen molar-refractivity contribution in [2.45, 2.75) is 13.3 Å². The van der Waals surface area contributed by atoms with Crippen LogP contribution in [0.3, 0.4) is 0 Å². The molecule has 5 nitrogen and oxygen atoms in total.